The van der Waals surface area contributed by atoms with E-state index in [-0.39, 0.29) is 7.43 Å². The third-order valence-electron chi connectivity index (χ3n) is 1.27. The van der Waals surface area contributed by atoms with E-state index in [1.807, 2.05) is 0 Å². The van der Waals surface area contributed by atoms with Crippen molar-refractivity contribution in [2.75, 3.05) is 13.2 Å². The van der Waals surface area contributed by atoms with Gasteiger partial charge in [0.2, 0.25) is 0 Å². The minimum absolute atomic E-state index is 0. The van der Waals surface area contributed by atoms with Gasteiger partial charge in [-0.25, -0.2) is 0 Å². The van der Waals surface area contributed by atoms with Crippen molar-refractivity contribution in [2.24, 2.45) is 0 Å². The zero-order chi connectivity index (χ0) is 6.04. The molecule has 0 aromatic carbocycles. The van der Waals surface area contributed by atoms with E-state index in [2.05, 4.69) is 6.58 Å². The maximum Gasteiger partial charge on any atom is 0.115 e. The molecule has 1 fully saturated rings. The van der Waals surface area contributed by atoms with Gasteiger partial charge in [0.25, 0.3) is 0 Å². The van der Waals surface area contributed by atoms with Crippen LogP contribution in [0.15, 0.2) is 12.7 Å². The molecule has 1 N–H and O–H groups in total. The molecule has 0 aromatic heterocycles. The quantitative estimate of drug-likeness (QED) is 0.564. The molecule has 2 heteroatoms. The van der Waals surface area contributed by atoms with Crippen molar-refractivity contribution in [3.05, 3.63) is 12.7 Å². The van der Waals surface area contributed by atoms with Gasteiger partial charge in [-0.3, -0.25) is 0 Å². The van der Waals surface area contributed by atoms with Crippen molar-refractivity contribution in [3.63, 3.8) is 0 Å². The molecule has 1 heterocycles. The van der Waals surface area contributed by atoms with Crippen LogP contribution in [0.25, 0.3) is 0 Å². The molecule has 0 aliphatic carbocycles. The van der Waals surface area contributed by atoms with Crippen LogP contribution in [0.2, 0.25) is 0 Å². The highest BCUT2D eigenvalue weighted by Gasteiger charge is 2.34. The lowest BCUT2D eigenvalue weighted by atomic mass is 9.98. The largest absolute Gasteiger partial charge is 0.385 e. The molecular weight excluding hydrogens is 116 g/mol. The first-order valence-electron chi connectivity index (χ1n) is 2.68. The summed E-state index contributed by atoms with van der Waals surface area (Å²) in [6, 6.07) is 0. The van der Waals surface area contributed by atoms with Gasteiger partial charge in [0, 0.05) is 0 Å². The van der Waals surface area contributed by atoms with Crippen LogP contribution >= 0.6 is 0 Å². The fourth-order valence-electron chi connectivity index (χ4n) is 0.724. The second kappa shape index (κ2) is 2.99. The minimum atomic E-state index is -0.568. The van der Waals surface area contributed by atoms with Crippen LogP contribution in [0.4, 0.5) is 0 Å². The molecule has 9 heavy (non-hydrogen) atoms. The molecule has 2 nitrogen and oxygen atoms in total. The third kappa shape index (κ3) is 1.80. The molecule has 0 spiro atoms. The van der Waals surface area contributed by atoms with Crippen LogP contribution in [-0.2, 0) is 4.74 Å². The topological polar surface area (TPSA) is 29.5 Å². The highest BCUT2D eigenvalue weighted by atomic mass is 16.5. The highest BCUT2D eigenvalue weighted by molar-refractivity contribution is 4.91. The molecule has 1 aliphatic rings. The Kier molecular flexibility index (Phi) is 2.88. The fourth-order valence-corrected chi connectivity index (χ4v) is 0.724. The molecule has 54 valence electrons. The number of ether oxygens (including phenoxy) is 1. The van der Waals surface area contributed by atoms with Crippen molar-refractivity contribution < 1.29 is 9.84 Å². The summed E-state index contributed by atoms with van der Waals surface area (Å²) >= 11 is 0. The lowest BCUT2D eigenvalue weighted by molar-refractivity contribution is -0.175. The van der Waals surface area contributed by atoms with Crippen molar-refractivity contribution in [2.45, 2.75) is 19.4 Å². The Bertz CT molecular complexity index is 95.1. The first-order valence-corrected chi connectivity index (χ1v) is 2.68. The smallest absolute Gasteiger partial charge is 0.115 e. The Balaban J connectivity index is 0.000000640. The number of rotatable bonds is 2. The number of aliphatic hydroxyl groups is 1. The Morgan fingerprint density at radius 1 is 1.67 bits per heavy atom. The van der Waals surface area contributed by atoms with E-state index in [1.165, 1.54) is 0 Å². The van der Waals surface area contributed by atoms with Crippen LogP contribution in [-0.4, -0.2) is 23.9 Å². The van der Waals surface area contributed by atoms with E-state index < -0.39 is 5.60 Å². The van der Waals surface area contributed by atoms with Gasteiger partial charge in [-0.2, -0.15) is 0 Å². The molecular formula is C7H14O2. The predicted octanol–water partition coefficient (Wildman–Crippen LogP) is 0.960. The molecule has 0 radical (unpaired) electrons. The maximum absolute atomic E-state index is 9.21. The Morgan fingerprint density at radius 3 is 2.33 bits per heavy atom. The lowest BCUT2D eigenvalue weighted by Crippen LogP contribution is -2.48. The molecule has 0 aromatic rings. The average molecular weight is 130 g/mol. The van der Waals surface area contributed by atoms with Gasteiger partial charge in [0.05, 0.1) is 13.2 Å². The van der Waals surface area contributed by atoms with Gasteiger partial charge >= 0.3 is 0 Å². The van der Waals surface area contributed by atoms with Gasteiger partial charge in [-0.1, -0.05) is 13.5 Å². The zero-order valence-electron chi connectivity index (χ0n) is 4.76. The summed E-state index contributed by atoms with van der Waals surface area (Å²) in [4.78, 5) is 0. The van der Waals surface area contributed by atoms with Crippen molar-refractivity contribution in [1.82, 2.24) is 0 Å². The number of hydrogen-bond acceptors (Lipinski definition) is 2. The summed E-state index contributed by atoms with van der Waals surface area (Å²) in [6.45, 7) is 4.45. The first kappa shape index (κ1) is 8.66. The molecule has 0 saturated carbocycles. The molecule has 1 rings (SSSR count). The van der Waals surface area contributed by atoms with E-state index in [1.54, 1.807) is 6.08 Å². The standard InChI is InChI=1S/C6H10O2.CH4/c1-2-3-6(7)4-8-5-6;/h2,7H,1,3-5H2;1H4. The zero-order valence-corrected chi connectivity index (χ0v) is 4.76. The SMILES string of the molecule is C.C=CCC1(O)COC1. The third-order valence-corrected chi connectivity index (χ3v) is 1.27. The van der Waals surface area contributed by atoms with Gasteiger partial charge in [-0.15, -0.1) is 6.58 Å². The van der Waals surface area contributed by atoms with E-state index in [9.17, 15) is 5.11 Å². The predicted molar refractivity (Wildman–Crippen MR) is 37.3 cm³/mol. The summed E-state index contributed by atoms with van der Waals surface area (Å²) in [5.41, 5.74) is -0.568. The van der Waals surface area contributed by atoms with Crippen LogP contribution in [0.1, 0.15) is 13.8 Å². The summed E-state index contributed by atoms with van der Waals surface area (Å²) in [7, 11) is 0. The van der Waals surface area contributed by atoms with Crippen molar-refractivity contribution in [3.8, 4) is 0 Å². The average Bonchev–Trinajstić information content (AvgIpc) is 1.64. The lowest BCUT2D eigenvalue weighted by Gasteiger charge is -2.35. The van der Waals surface area contributed by atoms with E-state index in [0.29, 0.717) is 19.6 Å². The van der Waals surface area contributed by atoms with Crippen LogP contribution in [0, 0.1) is 0 Å². The number of hydrogen-bond donors (Lipinski definition) is 1. The van der Waals surface area contributed by atoms with Gasteiger partial charge in [-0.05, 0) is 6.42 Å². The van der Waals surface area contributed by atoms with Gasteiger partial charge in [0.1, 0.15) is 5.60 Å². The fraction of sp³-hybridized carbons (Fsp3) is 0.714. The van der Waals surface area contributed by atoms with Gasteiger partial charge in [0.15, 0.2) is 0 Å². The first-order chi connectivity index (χ1) is 3.77. The molecule has 1 aliphatic heterocycles. The Labute approximate surface area is 56.1 Å². The summed E-state index contributed by atoms with van der Waals surface area (Å²) in [5, 5.41) is 9.21. The minimum Gasteiger partial charge on any atom is -0.385 e. The summed E-state index contributed by atoms with van der Waals surface area (Å²) in [5.74, 6) is 0. The van der Waals surface area contributed by atoms with E-state index in [4.69, 9.17) is 4.74 Å². The van der Waals surface area contributed by atoms with Crippen molar-refractivity contribution >= 4 is 0 Å². The Hall–Kier alpha value is -0.340. The normalized spacial score (nSPS) is 21.4. The second-order valence-electron chi connectivity index (χ2n) is 2.21. The van der Waals surface area contributed by atoms with Crippen molar-refractivity contribution in [1.29, 1.82) is 0 Å². The van der Waals surface area contributed by atoms with Crippen LogP contribution in [0.5, 0.6) is 0 Å². The van der Waals surface area contributed by atoms with E-state index >= 15 is 0 Å². The van der Waals surface area contributed by atoms with Crippen LogP contribution < -0.4 is 0 Å². The molecule has 1 saturated heterocycles. The monoisotopic (exact) mass is 130 g/mol. The maximum atomic E-state index is 9.21. The summed E-state index contributed by atoms with van der Waals surface area (Å²) in [6.07, 6.45) is 2.36. The highest BCUT2D eigenvalue weighted by Crippen LogP contribution is 2.20. The molecule has 0 amide bonds. The summed E-state index contributed by atoms with van der Waals surface area (Å²) < 4.78 is 4.79. The molecule has 0 bridgehead atoms. The van der Waals surface area contributed by atoms with E-state index in [0.717, 1.165) is 0 Å². The van der Waals surface area contributed by atoms with Gasteiger partial charge < -0.3 is 9.84 Å². The Morgan fingerprint density at radius 2 is 2.22 bits per heavy atom. The second-order valence-corrected chi connectivity index (χ2v) is 2.21. The molecule has 0 atom stereocenters. The molecule has 0 unspecified atom stereocenters. The van der Waals surface area contributed by atoms with Crippen LogP contribution in [0.3, 0.4) is 0 Å².